The zero-order valence-corrected chi connectivity index (χ0v) is 41.1. The van der Waals surface area contributed by atoms with Gasteiger partial charge in [-0.15, -0.1) is 0 Å². The van der Waals surface area contributed by atoms with E-state index in [0.29, 0.717) is 35.5 Å². The molecule has 7 aliphatic rings. The summed E-state index contributed by atoms with van der Waals surface area (Å²) >= 11 is 0. The van der Waals surface area contributed by atoms with Gasteiger partial charge in [-0.1, -0.05) is 175 Å². The quantitative estimate of drug-likeness (QED) is 0.156. The van der Waals surface area contributed by atoms with Gasteiger partial charge in [0.2, 0.25) is 0 Å². The first-order chi connectivity index (χ1) is 34.1. The summed E-state index contributed by atoms with van der Waals surface area (Å²) in [5.74, 6) is 2.70. The van der Waals surface area contributed by atoms with E-state index in [2.05, 4.69) is 233 Å². The fourth-order valence-electron chi connectivity index (χ4n) is 15.4. The van der Waals surface area contributed by atoms with Gasteiger partial charge in [-0.25, -0.2) is 0 Å². The Hall–Kier alpha value is -7.16. The number of fused-ring (bicyclic) bond motifs is 12. The van der Waals surface area contributed by atoms with Crippen LogP contribution in [-0.4, -0.2) is 4.57 Å². The van der Waals surface area contributed by atoms with Gasteiger partial charge in [0.1, 0.15) is 0 Å². The summed E-state index contributed by atoms with van der Waals surface area (Å²) in [5.41, 5.74) is 29.2. The van der Waals surface area contributed by atoms with Crippen LogP contribution in [0.4, 0.5) is 17.1 Å². The number of aromatic nitrogens is 1. The van der Waals surface area contributed by atoms with E-state index >= 15 is 0 Å². The summed E-state index contributed by atoms with van der Waals surface area (Å²) in [7, 11) is 0. The fourth-order valence-corrected chi connectivity index (χ4v) is 15.4. The van der Waals surface area contributed by atoms with Crippen molar-refractivity contribution < 1.29 is 0 Å². The number of anilines is 3. The number of rotatable bonds is 5. The Balaban J connectivity index is 0.878. The highest BCUT2D eigenvalue weighted by molar-refractivity contribution is 6.14. The predicted octanol–water partition coefficient (Wildman–Crippen LogP) is 17.8. The van der Waals surface area contributed by atoms with Crippen molar-refractivity contribution in [2.75, 3.05) is 4.90 Å². The van der Waals surface area contributed by atoms with Crippen LogP contribution >= 0.6 is 0 Å². The lowest BCUT2D eigenvalue weighted by Gasteiger charge is -2.53. The Morgan fingerprint density at radius 1 is 0.600 bits per heavy atom. The highest BCUT2D eigenvalue weighted by Crippen LogP contribution is 2.67. The molecule has 7 unspecified atom stereocenters. The van der Waals surface area contributed by atoms with E-state index in [9.17, 15) is 0 Å². The lowest BCUT2D eigenvalue weighted by Crippen LogP contribution is -2.48. The lowest BCUT2D eigenvalue weighted by molar-refractivity contribution is 0.160. The molecule has 1 aromatic heterocycles. The molecule has 0 amide bonds. The average molecular weight is 903 g/mol. The predicted molar refractivity (Wildman–Crippen MR) is 293 cm³/mol. The van der Waals surface area contributed by atoms with E-state index < -0.39 is 0 Å². The van der Waals surface area contributed by atoms with E-state index in [-0.39, 0.29) is 10.8 Å². The number of allylic oxidation sites excluding steroid dienone is 8. The van der Waals surface area contributed by atoms with Crippen molar-refractivity contribution >= 4 is 39.1 Å². The van der Waals surface area contributed by atoms with Crippen LogP contribution in [0.5, 0.6) is 0 Å². The molecule has 0 spiro atoms. The molecular weight excluding hydrogens is 845 g/mol. The molecule has 0 saturated carbocycles. The zero-order valence-electron chi connectivity index (χ0n) is 41.1. The molecule has 2 heteroatoms. The third-order valence-corrected chi connectivity index (χ3v) is 18.6. The maximum Gasteiger partial charge on any atom is 0.0547 e. The average Bonchev–Trinajstić information content (AvgIpc) is 4.09. The van der Waals surface area contributed by atoms with Gasteiger partial charge in [-0.3, -0.25) is 0 Å². The first-order valence-electron chi connectivity index (χ1n) is 26.1. The Morgan fingerprint density at radius 2 is 1.29 bits per heavy atom. The van der Waals surface area contributed by atoms with Crippen molar-refractivity contribution in [1.29, 1.82) is 0 Å². The smallest absolute Gasteiger partial charge is 0.0547 e. The molecule has 2 nitrogen and oxygen atoms in total. The molecule has 8 aromatic rings. The minimum atomic E-state index is -0.0764. The summed E-state index contributed by atoms with van der Waals surface area (Å²) in [6.07, 6.45) is 15.1. The second kappa shape index (κ2) is 14.2. The maximum atomic E-state index is 2.74. The molecule has 0 radical (unpaired) electrons. The van der Waals surface area contributed by atoms with Gasteiger partial charge in [0, 0.05) is 50.6 Å². The molecular formula is C68H58N2. The van der Waals surface area contributed by atoms with Crippen LogP contribution in [0.3, 0.4) is 0 Å². The third-order valence-electron chi connectivity index (χ3n) is 18.6. The van der Waals surface area contributed by atoms with Crippen molar-refractivity contribution in [1.82, 2.24) is 4.57 Å². The highest BCUT2D eigenvalue weighted by atomic mass is 15.1. The maximum absolute atomic E-state index is 2.74. The Labute approximate surface area is 413 Å². The van der Waals surface area contributed by atoms with Gasteiger partial charge >= 0.3 is 0 Å². The molecule has 0 N–H and O–H groups in total. The second-order valence-electron chi connectivity index (χ2n) is 22.7. The van der Waals surface area contributed by atoms with Crippen molar-refractivity contribution in [3.63, 3.8) is 0 Å². The van der Waals surface area contributed by atoms with Gasteiger partial charge in [-0.05, 0) is 175 Å². The van der Waals surface area contributed by atoms with E-state index in [1.165, 1.54) is 107 Å². The van der Waals surface area contributed by atoms with E-state index in [1.807, 2.05) is 0 Å². The van der Waals surface area contributed by atoms with Crippen molar-refractivity contribution in [3.8, 4) is 39.1 Å². The van der Waals surface area contributed by atoms with Crippen molar-refractivity contribution in [2.24, 2.45) is 23.7 Å². The molecule has 1 heterocycles. The van der Waals surface area contributed by atoms with E-state index in [1.54, 1.807) is 11.1 Å². The molecule has 70 heavy (non-hydrogen) atoms. The van der Waals surface area contributed by atoms with Crippen LogP contribution in [0, 0.1) is 23.7 Å². The number of para-hydroxylation sites is 1. The first kappa shape index (κ1) is 40.7. The molecule has 7 aliphatic carbocycles. The molecule has 0 bridgehead atoms. The Bertz CT molecular complexity index is 3700. The van der Waals surface area contributed by atoms with Crippen LogP contribution in [0.15, 0.2) is 188 Å². The van der Waals surface area contributed by atoms with Crippen LogP contribution < -0.4 is 4.90 Å². The van der Waals surface area contributed by atoms with Crippen LogP contribution in [0.2, 0.25) is 0 Å². The Morgan fingerprint density at radius 3 is 2.09 bits per heavy atom. The summed E-state index contributed by atoms with van der Waals surface area (Å²) in [6.45, 7) is 15.0. The fraction of sp³-hybridized carbons (Fsp3) is 0.235. The molecule has 0 aliphatic heterocycles. The van der Waals surface area contributed by atoms with Gasteiger partial charge < -0.3 is 9.47 Å². The molecule has 0 saturated heterocycles. The highest BCUT2D eigenvalue weighted by Gasteiger charge is 2.57. The molecule has 7 aromatic carbocycles. The number of nitrogens with zero attached hydrogens (tertiary/aromatic N) is 2. The SMILES string of the molecule is CC1CC=CC2=C1C1C(C)C=CC3CC(C)c4c(c5c2c2c(cc5n4-c4ccc(-c5ccc(N(c6ccccc6)c6ccc7c(c6)C(C)(C)c6ccccc6-7)cc5)cc4)C4=CC4c4ccccc4-2)C31C. The number of benzene rings is 7. The second-order valence-corrected chi connectivity index (χ2v) is 22.7. The monoisotopic (exact) mass is 902 g/mol. The minimum absolute atomic E-state index is 0.0229. The van der Waals surface area contributed by atoms with Gasteiger partial charge in [0.05, 0.1) is 5.52 Å². The van der Waals surface area contributed by atoms with Crippen LogP contribution in [0.25, 0.3) is 61.1 Å². The summed E-state index contributed by atoms with van der Waals surface area (Å²) in [6, 6.07) is 57.6. The molecule has 7 atom stereocenters. The number of hydrogen-bond donors (Lipinski definition) is 0. The zero-order chi connectivity index (χ0) is 46.9. The van der Waals surface area contributed by atoms with Crippen LogP contribution in [-0.2, 0) is 10.8 Å². The van der Waals surface area contributed by atoms with Crippen molar-refractivity contribution in [2.45, 2.75) is 77.0 Å². The summed E-state index contributed by atoms with van der Waals surface area (Å²) in [4.78, 5) is 2.41. The lowest BCUT2D eigenvalue weighted by atomic mass is 9.50. The van der Waals surface area contributed by atoms with Gasteiger partial charge in [0.15, 0.2) is 0 Å². The van der Waals surface area contributed by atoms with Gasteiger partial charge in [-0.2, -0.15) is 0 Å². The third kappa shape index (κ3) is 5.29. The number of hydrogen-bond acceptors (Lipinski definition) is 1. The minimum Gasteiger partial charge on any atom is -0.313 e. The first-order valence-corrected chi connectivity index (χ1v) is 26.1. The summed E-state index contributed by atoms with van der Waals surface area (Å²) < 4.78 is 2.74. The molecule has 15 rings (SSSR count). The molecule has 0 fully saturated rings. The van der Waals surface area contributed by atoms with E-state index in [4.69, 9.17) is 0 Å². The largest absolute Gasteiger partial charge is 0.313 e. The standard InChI is InChI=1S/C68H58N2/c1-39-15-14-21-53-60(39)64-40(2)23-28-44-35-41(3)66-65(68(44,64)6)63-59(38-56-55-37-54(55)49-18-10-11-20-52(49)61(56)62(53)63)70(66)47-31-26-43(27-32-47)42-24-29-46(30-25-42)69(45-16-8-7-9-17-45)48-33-34-51-50-19-12-13-22-57(50)67(4,5)58(51)36-48/h7-14,16-34,36-41,44,54,64H,15,35H2,1-6H3. The van der Waals surface area contributed by atoms with Crippen LogP contribution in [0.1, 0.15) is 105 Å². The topological polar surface area (TPSA) is 8.17 Å². The van der Waals surface area contributed by atoms with Gasteiger partial charge in [0.25, 0.3) is 0 Å². The van der Waals surface area contributed by atoms with E-state index in [0.717, 1.165) is 17.8 Å². The van der Waals surface area contributed by atoms with Crippen molar-refractivity contribution in [3.05, 3.63) is 227 Å². The molecule has 340 valence electrons. The Kier molecular flexibility index (Phi) is 8.27. The summed E-state index contributed by atoms with van der Waals surface area (Å²) in [5, 5.41) is 1.51. The normalized spacial score (nSPS) is 25.3.